The lowest BCUT2D eigenvalue weighted by Gasteiger charge is -2.29. The van der Waals surface area contributed by atoms with Gasteiger partial charge in [-0.1, -0.05) is 29.8 Å². The predicted octanol–water partition coefficient (Wildman–Crippen LogP) is 4.28. The van der Waals surface area contributed by atoms with Crippen molar-refractivity contribution in [2.45, 2.75) is 13.8 Å². The molecule has 7 nitrogen and oxygen atoms in total. The van der Waals surface area contributed by atoms with Gasteiger partial charge in [0.1, 0.15) is 5.57 Å². The zero-order valence-corrected chi connectivity index (χ0v) is 19.2. The molecule has 2 amide bonds. The average Bonchev–Trinajstić information content (AvgIpc) is 3.03. The largest absolute Gasteiger partial charge is 0.478 e. The molecule has 0 saturated carbocycles. The van der Waals surface area contributed by atoms with E-state index in [-0.39, 0.29) is 16.2 Å². The lowest BCUT2D eigenvalue weighted by atomic mass is 10.1. The highest BCUT2D eigenvalue weighted by atomic mass is 35.5. The highest BCUT2D eigenvalue weighted by molar-refractivity contribution is 7.80. The summed E-state index contributed by atoms with van der Waals surface area (Å²) in [5, 5.41) is 12.5. The van der Waals surface area contributed by atoms with Crippen molar-refractivity contribution in [3.63, 3.8) is 0 Å². The first kappa shape index (κ1) is 22.4. The van der Waals surface area contributed by atoms with Gasteiger partial charge in [-0.15, -0.1) is 0 Å². The van der Waals surface area contributed by atoms with Gasteiger partial charge in [-0.05, 0) is 74.1 Å². The number of thiocarbonyl (C=S) groups is 1. The van der Waals surface area contributed by atoms with E-state index in [1.54, 1.807) is 60.0 Å². The van der Waals surface area contributed by atoms with Gasteiger partial charge in [-0.3, -0.25) is 19.8 Å². The van der Waals surface area contributed by atoms with Crippen LogP contribution in [0.15, 0.2) is 60.2 Å². The molecule has 166 valence electrons. The first-order valence-electron chi connectivity index (χ1n) is 9.87. The molecular formula is C24H18ClN3O4S. The van der Waals surface area contributed by atoms with E-state index < -0.39 is 17.8 Å². The number of nitrogens with one attached hydrogen (secondary N) is 1. The van der Waals surface area contributed by atoms with Crippen LogP contribution in [0.1, 0.15) is 27.3 Å². The Morgan fingerprint density at radius 3 is 2.52 bits per heavy atom. The summed E-state index contributed by atoms with van der Waals surface area (Å²) in [5.74, 6) is -2.24. The maximum Gasteiger partial charge on any atom is 0.337 e. The van der Waals surface area contributed by atoms with Crippen LogP contribution in [0.25, 0.3) is 11.8 Å². The molecule has 2 aromatic carbocycles. The van der Waals surface area contributed by atoms with Gasteiger partial charge in [0.05, 0.1) is 16.9 Å². The monoisotopic (exact) mass is 479 g/mol. The molecule has 2 N–H and O–H groups in total. The first-order valence-corrected chi connectivity index (χ1v) is 10.7. The normalized spacial score (nSPS) is 15.2. The Morgan fingerprint density at radius 1 is 1.09 bits per heavy atom. The van der Waals surface area contributed by atoms with Crippen LogP contribution in [0.4, 0.5) is 5.69 Å². The third-order valence-corrected chi connectivity index (χ3v) is 5.83. The molecular weight excluding hydrogens is 462 g/mol. The van der Waals surface area contributed by atoms with Crippen molar-refractivity contribution in [2.75, 3.05) is 4.90 Å². The number of aromatic nitrogens is 1. The number of anilines is 1. The Hall–Kier alpha value is -3.75. The highest BCUT2D eigenvalue weighted by Crippen LogP contribution is 2.28. The van der Waals surface area contributed by atoms with Gasteiger partial charge in [-0.2, -0.15) is 0 Å². The molecule has 1 aromatic heterocycles. The zero-order chi connectivity index (χ0) is 23.9. The fourth-order valence-corrected chi connectivity index (χ4v) is 4.28. The topological polar surface area (TPSA) is 91.6 Å². The number of amides is 2. The Labute approximate surface area is 199 Å². The number of benzene rings is 2. The molecule has 0 bridgehead atoms. The summed E-state index contributed by atoms with van der Waals surface area (Å²) in [6.07, 6.45) is 1.49. The van der Waals surface area contributed by atoms with Gasteiger partial charge in [0.2, 0.25) is 0 Å². The van der Waals surface area contributed by atoms with Gasteiger partial charge >= 0.3 is 5.97 Å². The molecule has 4 rings (SSSR count). The lowest BCUT2D eigenvalue weighted by Crippen LogP contribution is -2.54. The molecule has 1 saturated heterocycles. The number of aryl methyl sites for hydroxylation is 1. The quantitative estimate of drug-likeness (QED) is 0.331. The van der Waals surface area contributed by atoms with Crippen molar-refractivity contribution in [3.05, 3.63) is 87.7 Å². The number of carboxylic acid groups (broad SMARTS) is 1. The third kappa shape index (κ3) is 4.06. The van der Waals surface area contributed by atoms with Crippen LogP contribution in [0.3, 0.4) is 0 Å². The molecule has 1 aliphatic rings. The summed E-state index contributed by atoms with van der Waals surface area (Å²) < 4.78 is 1.78. The van der Waals surface area contributed by atoms with Crippen LogP contribution in [-0.2, 0) is 9.59 Å². The van der Waals surface area contributed by atoms with Gasteiger partial charge in [-0.25, -0.2) is 4.79 Å². The summed E-state index contributed by atoms with van der Waals surface area (Å²) in [6.45, 7) is 3.62. The molecule has 33 heavy (non-hydrogen) atoms. The number of halogens is 1. The van der Waals surface area contributed by atoms with E-state index in [4.69, 9.17) is 23.8 Å². The van der Waals surface area contributed by atoms with Gasteiger partial charge in [0.25, 0.3) is 11.8 Å². The number of carbonyl (C=O) groups excluding carboxylic acids is 2. The number of carboxylic acids is 1. The molecule has 0 unspecified atom stereocenters. The van der Waals surface area contributed by atoms with Crippen LogP contribution in [0.5, 0.6) is 0 Å². The van der Waals surface area contributed by atoms with Crippen molar-refractivity contribution >= 4 is 58.5 Å². The summed E-state index contributed by atoms with van der Waals surface area (Å²) >= 11 is 11.3. The number of carbonyl (C=O) groups is 3. The smallest absolute Gasteiger partial charge is 0.337 e. The molecule has 1 fully saturated rings. The first-order chi connectivity index (χ1) is 15.7. The second-order valence-corrected chi connectivity index (χ2v) is 8.25. The minimum absolute atomic E-state index is 0.0368. The van der Waals surface area contributed by atoms with E-state index in [1.165, 1.54) is 17.0 Å². The number of aromatic carboxylic acids is 1. The number of nitrogens with zero attached hydrogens (tertiary/aromatic N) is 2. The Kier molecular flexibility index (Phi) is 5.88. The maximum absolute atomic E-state index is 13.3. The molecule has 0 atom stereocenters. The second kappa shape index (κ2) is 8.65. The fourth-order valence-electron chi connectivity index (χ4n) is 3.82. The second-order valence-electron chi connectivity index (χ2n) is 7.42. The van der Waals surface area contributed by atoms with Crippen LogP contribution < -0.4 is 10.2 Å². The lowest BCUT2D eigenvalue weighted by molar-refractivity contribution is -0.122. The number of rotatable bonds is 4. The van der Waals surface area contributed by atoms with Gasteiger partial charge in [0, 0.05) is 16.4 Å². The molecule has 1 aliphatic heterocycles. The van der Waals surface area contributed by atoms with E-state index in [0.717, 1.165) is 5.69 Å². The standard InChI is InChI=1S/C24H18ClN3O4S/c1-13-10-15(14(2)27(13)20-9-4-3-8-18(20)23(31)32)11-19-21(29)26-24(33)28(22(19)30)17-7-5-6-16(25)12-17/h3-12H,1-2H3,(H,31,32)(H,26,29,33)/b19-11+. The average molecular weight is 480 g/mol. The van der Waals surface area contributed by atoms with E-state index in [0.29, 0.717) is 27.7 Å². The molecule has 3 aromatic rings. The van der Waals surface area contributed by atoms with Crippen molar-refractivity contribution in [1.29, 1.82) is 0 Å². The summed E-state index contributed by atoms with van der Waals surface area (Å²) in [7, 11) is 0. The molecule has 2 heterocycles. The van der Waals surface area contributed by atoms with E-state index in [9.17, 15) is 19.5 Å². The van der Waals surface area contributed by atoms with E-state index in [1.807, 2.05) is 6.92 Å². The van der Waals surface area contributed by atoms with Crippen LogP contribution in [0, 0.1) is 13.8 Å². The van der Waals surface area contributed by atoms with Crippen molar-refractivity contribution in [1.82, 2.24) is 9.88 Å². The Bertz CT molecular complexity index is 1380. The SMILES string of the molecule is Cc1cc(/C=C2\C(=O)NC(=S)N(c3cccc(Cl)c3)C2=O)c(C)n1-c1ccccc1C(=O)O. The van der Waals surface area contributed by atoms with Crippen molar-refractivity contribution < 1.29 is 19.5 Å². The van der Waals surface area contributed by atoms with Crippen LogP contribution >= 0.6 is 23.8 Å². The summed E-state index contributed by atoms with van der Waals surface area (Å²) in [5.41, 5.74) is 2.99. The number of hydrogen-bond donors (Lipinski definition) is 2. The molecule has 0 radical (unpaired) electrons. The van der Waals surface area contributed by atoms with Crippen LogP contribution in [-0.4, -0.2) is 32.6 Å². The van der Waals surface area contributed by atoms with Crippen molar-refractivity contribution in [3.8, 4) is 5.69 Å². The molecule has 0 spiro atoms. The van der Waals surface area contributed by atoms with Crippen LogP contribution in [0.2, 0.25) is 5.02 Å². The Balaban J connectivity index is 1.80. The van der Waals surface area contributed by atoms with E-state index >= 15 is 0 Å². The molecule has 9 heteroatoms. The molecule has 0 aliphatic carbocycles. The summed E-state index contributed by atoms with van der Waals surface area (Å²) in [4.78, 5) is 38.8. The van der Waals surface area contributed by atoms with Crippen molar-refractivity contribution in [2.24, 2.45) is 0 Å². The van der Waals surface area contributed by atoms with Gasteiger partial charge in [0.15, 0.2) is 5.11 Å². The van der Waals surface area contributed by atoms with Gasteiger partial charge < -0.3 is 9.67 Å². The number of para-hydroxylation sites is 1. The Morgan fingerprint density at radius 2 is 1.82 bits per heavy atom. The predicted molar refractivity (Wildman–Crippen MR) is 130 cm³/mol. The summed E-state index contributed by atoms with van der Waals surface area (Å²) in [6, 6.07) is 15.0. The highest BCUT2D eigenvalue weighted by Gasteiger charge is 2.35. The minimum Gasteiger partial charge on any atom is -0.478 e. The van der Waals surface area contributed by atoms with E-state index in [2.05, 4.69) is 5.32 Å². The maximum atomic E-state index is 13.3. The zero-order valence-electron chi connectivity index (χ0n) is 17.6. The number of hydrogen-bond acceptors (Lipinski definition) is 4. The minimum atomic E-state index is -1.05. The third-order valence-electron chi connectivity index (χ3n) is 5.31. The fraction of sp³-hybridized carbons (Fsp3) is 0.0833.